The van der Waals surface area contributed by atoms with Crippen molar-refractivity contribution in [3.8, 4) is 17.2 Å². The van der Waals surface area contributed by atoms with Crippen molar-refractivity contribution in [1.82, 2.24) is 5.16 Å². The van der Waals surface area contributed by atoms with E-state index in [0.29, 0.717) is 30.2 Å². The van der Waals surface area contributed by atoms with Gasteiger partial charge in [0.2, 0.25) is 5.88 Å². The predicted molar refractivity (Wildman–Crippen MR) is 123 cm³/mol. The Hall–Kier alpha value is -3.74. The Morgan fingerprint density at radius 1 is 0.939 bits per heavy atom. The zero-order chi connectivity index (χ0) is 23.1. The summed E-state index contributed by atoms with van der Waals surface area (Å²) in [7, 11) is 4.87. The van der Waals surface area contributed by atoms with Gasteiger partial charge in [-0.05, 0) is 54.7 Å². The summed E-state index contributed by atoms with van der Waals surface area (Å²) in [4.78, 5) is 13.6. The molecular weight excluding hydrogens is 420 g/mol. The highest BCUT2D eigenvalue weighted by Gasteiger charge is 2.41. The van der Waals surface area contributed by atoms with Crippen LogP contribution in [0.15, 0.2) is 58.3 Å². The smallest absolute Gasteiger partial charge is 0.233 e. The minimum Gasteiger partial charge on any atom is -0.497 e. The normalized spacial score (nSPS) is 19.5. The van der Waals surface area contributed by atoms with Crippen molar-refractivity contribution in [2.75, 3.05) is 26.6 Å². The van der Waals surface area contributed by atoms with Crippen LogP contribution in [0, 0.1) is 6.92 Å². The van der Waals surface area contributed by atoms with Gasteiger partial charge in [0.1, 0.15) is 5.75 Å². The summed E-state index contributed by atoms with van der Waals surface area (Å²) in [6, 6.07) is 13.7. The zero-order valence-corrected chi connectivity index (χ0v) is 19.1. The van der Waals surface area contributed by atoms with Crippen molar-refractivity contribution in [3.63, 3.8) is 0 Å². The lowest BCUT2D eigenvalue weighted by Gasteiger charge is -2.34. The van der Waals surface area contributed by atoms with Crippen LogP contribution < -0.4 is 19.5 Å². The highest BCUT2D eigenvalue weighted by Crippen LogP contribution is 2.49. The molecule has 7 heteroatoms. The van der Waals surface area contributed by atoms with E-state index in [2.05, 4.69) is 10.5 Å². The molecule has 0 saturated carbocycles. The number of Topliss-reactive ketones (excluding diaryl/α,β-unsaturated/α-hetero) is 1. The van der Waals surface area contributed by atoms with Gasteiger partial charge in [0.15, 0.2) is 17.3 Å². The van der Waals surface area contributed by atoms with E-state index in [1.54, 1.807) is 21.3 Å². The predicted octanol–water partition coefficient (Wildman–Crippen LogP) is 4.97. The Labute approximate surface area is 192 Å². The number of carbonyl (C=O) groups excluding carboxylic acids is 1. The summed E-state index contributed by atoms with van der Waals surface area (Å²) in [5.74, 6) is 2.61. The number of carbonyl (C=O) groups is 1. The maximum atomic E-state index is 13.6. The maximum Gasteiger partial charge on any atom is 0.233 e. The highest BCUT2D eigenvalue weighted by molar-refractivity contribution is 6.01. The Bertz CT molecular complexity index is 1240. The number of fused-ring (bicyclic) bond motifs is 1. The first kappa shape index (κ1) is 21.1. The summed E-state index contributed by atoms with van der Waals surface area (Å²) < 4.78 is 21.8. The number of aryl methyl sites for hydroxylation is 1. The van der Waals surface area contributed by atoms with Gasteiger partial charge in [0.05, 0.1) is 32.6 Å². The number of hydrogen-bond donors (Lipinski definition) is 1. The number of ketones is 1. The minimum atomic E-state index is -0.229. The molecule has 33 heavy (non-hydrogen) atoms. The third-order valence-corrected chi connectivity index (χ3v) is 6.59. The molecule has 3 aromatic rings. The molecule has 0 fully saturated rings. The quantitative estimate of drug-likeness (QED) is 0.593. The van der Waals surface area contributed by atoms with Crippen molar-refractivity contribution in [2.24, 2.45) is 0 Å². The van der Waals surface area contributed by atoms with Crippen LogP contribution in [0.1, 0.15) is 47.1 Å². The van der Waals surface area contributed by atoms with Crippen LogP contribution in [-0.2, 0) is 4.79 Å². The first-order chi connectivity index (χ1) is 16.0. The van der Waals surface area contributed by atoms with Crippen molar-refractivity contribution in [3.05, 3.63) is 76.1 Å². The van der Waals surface area contributed by atoms with E-state index < -0.39 is 0 Å². The van der Waals surface area contributed by atoms with E-state index in [9.17, 15) is 4.79 Å². The molecule has 5 rings (SSSR count). The number of nitrogens with zero attached hydrogens (tertiary/aromatic N) is 1. The lowest BCUT2D eigenvalue weighted by molar-refractivity contribution is -0.116. The number of anilines is 1. The molecule has 2 aliphatic rings. The van der Waals surface area contributed by atoms with Crippen LogP contribution in [0.3, 0.4) is 0 Å². The standard InChI is InChI=1S/C26H26N2O5/c1-14-23-24(15-5-8-18(30-2)9-6-15)25-19(27-26(23)33-28-14)11-17(12-20(25)29)16-7-10-21(31-3)22(13-16)32-4/h5-10,13,17,24,27H,11-12H2,1-4H3/t17-,24-/m1/s1. The molecule has 0 bridgehead atoms. The molecule has 0 amide bonds. The molecule has 1 N–H and O–H groups in total. The largest absolute Gasteiger partial charge is 0.497 e. The van der Waals surface area contributed by atoms with Gasteiger partial charge < -0.3 is 24.1 Å². The van der Waals surface area contributed by atoms with Crippen LogP contribution in [0.4, 0.5) is 5.88 Å². The highest BCUT2D eigenvalue weighted by atomic mass is 16.5. The Morgan fingerprint density at radius 3 is 2.36 bits per heavy atom. The fourth-order valence-electron chi connectivity index (χ4n) is 4.94. The lowest BCUT2D eigenvalue weighted by Crippen LogP contribution is -2.29. The molecule has 0 saturated heterocycles. The average molecular weight is 447 g/mol. The molecule has 2 aromatic carbocycles. The van der Waals surface area contributed by atoms with E-state index in [0.717, 1.165) is 39.4 Å². The van der Waals surface area contributed by atoms with Crippen LogP contribution >= 0.6 is 0 Å². The van der Waals surface area contributed by atoms with Gasteiger partial charge in [-0.3, -0.25) is 4.79 Å². The molecular formula is C26H26N2O5. The number of rotatable bonds is 5. The number of methoxy groups -OCH3 is 3. The van der Waals surface area contributed by atoms with Crippen molar-refractivity contribution >= 4 is 11.7 Å². The van der Waals surface area contributed by atoms with Crippen LogP contribution in [0.5, 0.6) is 17.2 Å². The van der Waals surface area contributed by atoms with E-state index >= 15 is 0 Å². The van der Waals surface area contributed by atoms with Crippen LogP contribution in [0.25, 0.3) is 0 Å². The molecule has 7 nitrogen and oxygen atoms in total. The molecule has 0 unspecified atom stereocenters. The summed E-state index contributed by atoms with van der Waals surface area (Å²) in [6.07, 6.45) is 1.10. The molecule has 2 heterocycles. The lowest BCUT2D eigenvalue weighted by atomic mass is 9.72. The molecule has 1 aromatic heterocycles. The second kappa shape index (κ2) is 8.31. The van der Waals surface area contributed by atoms with Gasteiger partial charge in [-0.25, -0.2) is 0 Å². The zero-order valence-electron chi connectivity index (χ0n) is 19.1. The number of nitrogens with one attached hydrogen (secondary N) is 1. The first-order valence-corrected chi connectivity index (χ1v) is 10.9. The number of benzene rings is 2. The topological polar surface area (TPSA) is 82.8 Å². The third-order valence-electron chi connectivity index (χ3n) is 6.59. The van der Waals surface area contributed by atoms with Gasteiger partial charge in [-0.15, -0.1) is 0 Å². The van der Waals surface area contributed by atoms with Crippen LogP contribution in [-0.4, -0.2) is 32.3 Å². The molecule has 1 aliphatic carbocycles. The summed E-state index contributed by atoms with van der Waals surface area (Å²) in [5, 5.41) is 7.55. The minimum absolute atomic E-state index is 0.0191. The first-order valence-electron chi connectivity index (χ1n) is 10.9. The van der Waals surface area contributed by atoms with Crippen molar-refractivity contribution in [1.29, 1.82) is 0 Å². The van der Waals surface area contributed by atoms with E-state index in [4.69, 9.17) is 18.7 Å². The Kier molecular flexibility index (Phi) is 5.32. The van der Waals surface area contributed by atoms with Gasteiger partial charge in [-0.1, -0.05) is 23.4 Å². The maximum absolute atomic E-state index is 13.6. The second-order valence-electron chi connectivity index (χ2n) is 8.38. The number of allylic oxidation sites excluding steroid dienone is 2. The van der Waals surface area contributed by atoms with Crippen molar-refractivity contribution in [2.45, 2.75) is 31.6 Å². The van der Waals surface area contributed by atoms with Gasteiger partial charge >= 0.3 is 0 Å². The number of aromatic nitrogens is 1. The summed E-state index contributed by atoms with van der Waals surface area (Å²) in [6.45, 7) is 1.91. The van der Waals surface area contributed by atoms with E-state index in [1.807, 2.05) is 49.4 Å². The molecule has 0 radical (unpaired) electrons. The fraction of sp³-hybridized carbons (Fsp3) is 0.308. The Balaban J connectivity index is 1.56. The Morgan fingerprint density at radius 2 is 1.67 bits per heavy atom. The average Bonchev–Trinajstić information content (AvgIpc) is 3.22. The molecule has 170 valence electrons. The van der Waals surface area contributed by atoms with Crippen LogP contribution in [0.2, 0.25) is 0 Å². The molecule has 1 aliphatic heterocycles. The summed E-state index contributed by atoms with van der Waals surface area (Å²) in [5.41, 5.74) is 5.41. The van der Waals surface area contributed by atoms with E-state index in [1.165, 1.54) is 0 Å². The van der Waals surface area contributed by atoms with Gasteiger partial charge in [-0.2, -0.15) is 0 Å². The van der Waals surface area contributed by atoms with E-state index in [-0.39, 0.29) is 17.6 Å². The van der Waals surface area contributed by atoms with Crippen molar-refractivity contribution < 1.29 is 23.5 Å². The summed E-state index contributed by atoms with van der Waals surface area (Å²) >= 11 is 0. The SMILES string of the molecule is COc1ccc([C@H]2C3=C(C[C@@H](c4ccc(OC)c(OC)c4)CC3=O)Nc3onc(C)c32)cc1. The fourth-order valence-corrected chi connectivity index (χ4v) is 4.94. The third kappa shape index (κ3) is 3.53. The molecule has 0 spiro atoms. The van der Waals surface area contributed by atoms with Gasteiger partial charge in [0, 0.05) is 23.6 Å². The van der Waals surface area contributed by atoms with Gasteiger partial charge in [0.25, 0.3) is 0 Å². The molecule has 2 atom stereocenters. The second-order valence-corrected chi connectivity index (χ2v) is 8.38. The number of hydrogen-bond acceptors (Lipinski definition) is 7. The number of ether oxygens (including phenoxy) is 3. The monoisotopic (exact) mass is 446 g/mol.